The highest BCUT2D eigenvalue weighted by atomic mass is 32.2. The van der Waals surface area contributed by atoms with Crippen molar-refractivity contribution >= 4 is 50.7 Å². The van der Waals surface area contributed by atoms with E-state index in [0.717, 1.165) is 15.9 Å². The summed E-state index contributed by atoms with van der Waals surface area (Å²) in [5.41, 5.74) is 9.17. The fraction of sp³-hybridized carbons (Fsp3) is 0.0769. The lowest BCUT2D eigenvalue weighted by molar-refractivity contribution is 0.100. The van der Waals surface area contributed by atoms with Gasteiger partial charge in [0.15, 0.2) is 5.16 Å². The van der Waals surface area contributed by atoms with Gasteiger partial charge in [0.2, 0.25) is 0 Å². The molecular weight excluding hydrogens is 306 g/mol. The highest BCUT2D eigenvalue weighted by molar-refractivity contribution is 7.98. The molecule has 106 valence electrons. The quantitative estimate of drug-likeness (QED) is 0.567. The third-order valence-corrected chi connectivity index (χ3v) is 4.16. The number of carbonyl (C=O) groups is 1. The number of carbonyl (C=O) groups excluding carboxylic acids is 1. The molecule has 0 fully saturated rings. The van der Waals surface area contributed by atoms with Gasteiger partial charge in [0, 0.05) is 11.9 Å². The highest BCUT2D eigenvalue weighted by Crippen LogP contribution is 2.25. The van der Waals surface area contributed by atoms with Crippen LogP contribution in [0.1, 0.15) is 10.4 Å². The van der Waals surface area contributed by atoms with E-state index >= 15 is 0 Å². The molecule has 2 heterocycles. The minimum Gasteiger partial charge on any atom is -0.365 e. The molecule has 6 nitrogen and oxygen atoms in total. The zero-order valence-corrected chi connectivity index (χ0v) is 12.7. The smallest absolute Gasteiger partial charge is 0.254 e. The van der Waals surface area contributed by atoms with Crippen LogP contribution >= 0.6 is 23.1 Å². The summed E-state index contributed by atoms with van der Waals surface area (Å²) in [7, 11) is 0. The molecule has 0 aliphatic carbocycles. The molecule has 21 heavy (non-hydrogen) atoms. The van der Waals surface area contributed by atoms with E-state index in [9.17, 15) is 4.79 Å². The number of amides is 1. The Morgan fingerprint density at radius 3 is 3.00 bits per heavy atom. The molecular formula is C13H11N5OS2. The van der Waals surface area contributed by atoms with Crippen LogP contribution in [0.3, 0.4) is 0 Å². The van der Waals surface area contributed by atoms with Gasteiger partial charge < -0.3 is 11.1 Å². The van der Waals surface area contributed by atoms with E-state index < -0.39 is 5.91 Å². The van der Waals surface area contributed by atoms with Crippen LogP contribution in [0, 0.1) is 0 Å². The van der Waals surface area contributed by atoms with E-state index in [-0.39, 0.29) is 5.56 Å². The molecule has 8 heteroatoms. The van der Waals surface area contributed by atoms with E-state index in [2.05, 4.69) is 20.3 Å². The van der Waals surface area contributed by atoms with Crippen molar-refractivity contribution in [2.24, 2.45) is 5.73 Å². The summed E-state index contributed by atoms with van der Waals surface area (Å²) in [6.45, 7) is 0. The largest absolute Gasteiger partial charge is 0.365 e. The molecule has 1 amide bonds. The lowest BCUT2D eigenvalue weighted by atomic mass is 10.2. The number of rotatable bonds is 4. The maximum atomic E-state index is 11.5. The van der Waals surface area contributed by atoms with Gasteiger partial charge in [-0.3, -0.25) is 4.79 Å². The Hall–Kier alpha value is -2.19. The molecule has 0 unspecified atom stereocenters. The first-order valence-electron chi connectivity index (χ1n) is 5.98. The number of thiazole rings is 1. The van der Waals surface area contributed by atoms with E-state index in [0.29, 0.717) is 11.0 Å². The number of primary amides is 1. The number of nitrogens with two attached hydrogens (primary N) is 1. The lowest BCUT2D eigenvalue weighted by Gasteiger charge is -2.09. The summed E-state index contributed by atoms with van der Waals surface area (Å²) in [5, 5.41) is 3.69. The van der Waals surface area contributed by atoms with Crippen LogP contribution < -0.4 is 11.1 Å². The van der Waals surface area contributed by atoms with Crippen molar-refractivity contribution in [3.63, 3.8) is 0 Å². The molecule has 0 atom stereocenters. The zero-order chi connectivity index (χ0) is 14.8. The molecule has 0 spiro atoms. The standard InChI is InChI=1S/C13H11N5OS2/c1-20-13-15-5-8(11(14)19)12(18-13)17-7-2-3-9-10(4-7)21-6-16-9/h2-6H,1H3,(H2,14,19)(H,15,17,18). The van der Waals surface area contributed by atoms with Crippen LogP contribution in [0.15, 0.2) is 35.1 Å². The van der Waals surface area contributed by atoms with Crippen LogP contribution in [-0.2, 0) is 0 Å². The third kappa shape index (κ3) is 2.81. The molecule has 2 aromatic heterocycles. The molecule has 3 aromatic rings. The average Bonchev–Trinajstić information content (AvgIpc) is 2.94. The Balaban J connectivity index is 2.00. The number of nitrogens with zero attached hydrogens (tertiary/aromatic N) is 3. The van der Waals surface area contributed by atoms with Crippen molar-refractivity contribution in [1.82, 2.24) is 15.0 Å². The van der Waals surface area contributed by atoms with Crippen LogP contribution in [0.2, 0.25) is 0 Å². The number of hydrogen-bond donors (Lipinski definition) is 2. The van der Waals surface area contributed by atoms with Crippen molar-refractivity contribution in [3.8, 4) is 0 Å². The molecule has 0 aliphatic heterocycles. The second-order valence-electron chi connectivity index (χ2n) is 4.14. The van der Waals surface area contributed by atoms with E-state index in [1.54, 1.807) is 16.8 Å². The minimum atomic E-state index is -0.566. The number of anilines is 2. The maximum Gasteiger partial charge on any atom is 0.254 e. The predicted octanol–water partition coefficient (Wildman–Crippen LogP) is 2.65. The van der Waals surface area contributed by atoms with Crippen LogP contribution in [0.25, 0.3) is 10.2 Å². The summed E-state index contributed by atoms with van der Waals surface area (Å²) < 4.78 is 1.06. The van der Waals surface area contributed by atoms with Gasteiger partial charge in [-0.05, 0) is 24.5 Å². The molecule has 0 aliphatic rings. The highest BCUT2D eigenvalue weighted by Gasteiger charge is 2.12. The Bertz CT molecular complexity index is 817. The van der Waals surface area contributed by atoms with Crippen molar-refractivity contribution in [3.05, 3.63) is 35.5 Å². The molecule has 0 saturated carbocycles. The van der Waals surface area contributed by atoms with Gasteiger partial charge in [0.05, 0.1) is 15.7 Å². The first kappa shape index (κ1) is 13.8. The number of aromatic nitrogens is 3. The molecule has 0 radical (unpaired) electrons. The van der Waals surface area contributed by atoms with Gasteiger partial charge >= 0.3 is 0 Å². The number of hydrogen-bond acceptors (Lipinski definition) is 7. The van der Waals surface area contributed by atoms with Crippen LogP contribution in [-0.4, -0.2) is 27.1 Å². The van der Waals surface area contributed by atoms with E-state index in [1.165, 1.54) is 18.0 Å². The normalized spacial score (nSPS) is 10.7. The first-order valence-corrected chi connectivity index (χ1v) is 8.09. The number of benzene rings is 1. The first-order chi connectivity index (χ1) is 10.2. The number of nitrogens with one attached hydrogen (secondary N) is 1. The number of thioether (sulfide) groups is 1. The maximum absolute atomic E-state index is 11.5. The molecule has 0 bridgehead atoms. The van der Waals surface area contributed by atoms with Gasteiger partial charge in [-0.25, -0.2) is 15.0 Å². The van der Waals surface area contributed by atoms with E-state index in [4.69, 9.17) is 5.73 Å². The Morgan fingerprint density at radius 2 is 2.24 bits per heavy atom. The van der Waals surface area contributed by atoms with E-state index in [1.807, 2.05) is 24.5 Å². The fourth-order valence-electron chi connectivity index (χ4n) is 1.81. The van der Waals surface area contributed by atoms with Gasteiger partial charge in [-0.15, -0.1) is 11.3 Å². The summed E-state index contributed by atoms with van der Waals surface area (Å²) in [5.74, 6) is -0.158. The van der Waals surface area contributed by atoms with Gasteiger partial charge in [0.25, 0.3) is 5.91 Å². The molecule has 3 rings (SSSR count). The molecule has 3 N–H and O–H groups in total. The fourth-order valence-corrected chi connectivity index (χ4v) is 2.87. The predicted molar refractivity (Wildman–Crippen MR) is 85.2 cm³/mol. The molecule has 1 aromatic carbocycles. The Kier molecular flexibility index (Phi) is 3.72. The van der Waals surface area contributed by atoms with Crippen molar-refractivity contribution in [2.45, 2.75) is 5.16 Å². The monoisotopic (exact) mass is 317 g/mol. The van der Waals surface area contributed by atoms with Gasteiger partial charge in [0.1, 0.15) is 11.4 Å². The van der Waals surface area contributed by atoms with Crippen molar-refractivity contribution in [2.75, 3.05) is 11.6 Å². The van der Waals surface area contributed by atoms with Crippen LogP contribution in [0.5, 0.6) is 0 Å². The van der Waals surface area contributed by atoms with Crippen molar-refractivity contribution in [1.29, 1.82) is 0 Å². The average molecular weight is 317 g/mol. The summed E-state index contributed by atoms with van der Waals surface area (Å²) in [6, 6.07) is 5.75. The summed E-state index contributed by atoms with van der Waals surface area (Å²) >= 11 is 2.95. The second kappa shape index (κ2) is 5.66. The lowest BCUT2D eigenvalue weighted by Crippen LogP contribution is -2.15. The van der Waals surface area contributed by atoms with Crippen LogP contribution in [0.4, 0.5) is 11.5 Å². The number of fused-ring (bicyclic) bond motifs is 1. The Labute approximate surface area is 128 Å². The zero-order valence-electron chi connectivity index (χ0n) is 11.0. The van der Waals surface area contributed by atoms with Crippen molar-refractivity contribution < 1.29 is 4.79 Å². The third-order valence-electron chi connectivity index (χ3n) is 2.81. The van der Waals surface area contributed by atoms with Gasteiger partial charge in [-0.2, -0.15) is 0 Å². The summed E-state index contributed by atoms with van der Waals surface area (Å²) in [4.78, 5) is 24.1. The summed E-state index contributed by atoms with van der Waals surface area (Å²) in [6.07, 6.45) is 3.31. The SMILES string of the molecule is CSc1ncc(C(N)=O)c(Nc2ccc3ncsc3c2)n1. The topological polar surface area (TPSA) is 93.8 Å². The van der Waals surface area contributed by atoms with Gasteiger partial charge in [-0.1, -0.05) is 11.8 Å². The minimum absolute atomic E-state index is 0.261. The molecule has 0 saturated heterocycles. The second-order valence-corrected chi connectivity index (χ2v) is 5.80. The Morgan fingerprint density at radius 1 is 1.38 bits per heavy atom.